The maximum atomic E-state index is 8.83. The molecule has 0 aliphatic carbocycles. The van der Waals surface area contributed by atoms with Crippen LogP contribution in [0, 0.1) is 11.3 Å². The summed E-state index contributed by atoms with van der Waals surface area (Å²) in [6.07, 6.45) is 18.6. The van der Waals surface area contributed by atoms with Gasteiger partial charge in [-0.3, -0.25) is 9.98 Å². The fraction of sp³-hybridized carbons (Fsp3) is 0.0667. The topological polar surface area (TPSA) is 79.3 Å². The second kappa shape index (κ2) is 11.9. The minimum absolute atomic E-state index is 0.154. The fourth-order valence-electron chi connectivity index (χ4n) is 1.00. The van der Waals surface area contributed by atoms with Crippen molar-refractivity contribution in [1.82, 2.24) is 0 Å². The standard InChI is InChI=1S/C15H14N4O2/c16-13-15-14-18-8-10-21-12-11-20-9-4-2-1-3-5-17-6-7-19-15/h1-8,10-12,14H,9H2. The first-order valence-electron chi connectivity index (χ1n) is 6.01. The van der Waals surface area contributed by atoms with Crippen LogP contribution >= 0.6 is 0 Å². The predicted molar refractivity (Wildman–Crippen MR) is 82.8 cm³/mol. The summed E-state index contributed by atoms with van der Waals surface area (Å²) in [5.41, 5.74) is 0.154. The Morgan fingerprint density at radius 3 is 2.86 bits per heavy atom. The molecule has 0 aromatic rings. The number of ether oxygens (including phenoxy) is 2. The van der Waals surface area contributed by atoms with Crippen molar-refractivity contribution in [2.75, 3.05) is 6.61 Å². The lowest BCUT2D eigenvalue weighted by atomic mass is 10.4. The molecule has 0 aromatic carbocycles. The Labute approximate surface area is 123 Å². The Hall–Kier alpha value is -3.20. The van der Waals surface area contributed by atoms with Gasteiger partial charge in [-0.1, -0.05) is 12.2 Å². The van der Waals surface area contributed by atoms with Crippen LogP contribution in [0.3, 0.4) is 0 Å². The third-order valence-corrected chi connectivity index (χ3v) is 1.86. The van der Waals surface area contributed by atoms with Crippen LogP contribution in [0.2, 0.25) is 0 Å². The lowest BCUT2D eigenvalue weighted by molar-refractivity contribution is 0.269. The Morgan fingerprint density at radius 1 is 1.00 bits per heavy atom. The molecule has 0 atom stereocenters. The van der Waals surface area contributed by atoms with Gasteiger partial charge in [0.05, 0.1) is 12.4 Å². The van der Waals surface area contributed by atoms with Crippen molar-refractivity contribution in [1.29, 1.82) is 5.26 Å². The zero-order valence-corrected chi connectivity index (χ0v) is 11.2. The normalized spacial score (nSPS) is 16.0. The third-order valence-electron chi connectivity index (χ3n) is 1.86. The van der Waals surface area contributed by atoms with E-state index >= 15 is 0 Å². The largest absolute Gasteiger partial charge is 0.494 e. The smallest absolute Gasteiger partial charge is 0.158 e. The van der Waals surface area contributed by atoms with Gasteiger partial charge in [0.15, 0.2) is 5.71 Å². The number of hydrogen-bond acceptors (Lipinski definition) is 6. The lowest BCUT2D eigenvalue weighted by Crippen LogP contribution is -1.93. The Kier molecular flexibility index (Phi) is 8.96. The molecule has 1 rings (SSSR count). The highest BCUT2D eigenvalue weighted by Crippen LogP contribution is 1.87. The van der Waals surface area contributed by atoms with Crippen LogP contribution in [0.25, 0.3) is 0 Å². The number of allylic oxidation sites excluding steroid dienone is 3. The van der Waals surface area contributed by atoms with Gasteiger partial charge in [-0.25, -0.2) is 4.99 Å². The van der Waals surface area contributed by atoms with E-state index in [1.807, 2.05) is 24.3 Å². The third kappa shape index (κ3) is 9.39. The molecule has 1 aliphatic rings. The minimum atomic E-state index is 0.154. The minimum Gasteiger partial charge on any atom is -0.494 e. The first kappa shape index (κ1) is 15.9. The van der Waals surface area contributed by atoms with E-state index in [0.29, 0.717) is 6.61 Å². The maximum absolute atomic E-state index is 8.83. The monoisotopic (exact) mass is 282 g/mol. The molecule has 0 fully saturated rings. The van der Waals surface area contributed by atoms with Gasteiger partial charge in [0.25, 0.3) is 0 Å². The van der Waals surface area contributed by atoms with Crippen LogP contribution < -0.4 is 0 Å². The Bertz CT molecular complexity index is 573. The molecule has 1 aliphatic heterocycles. The van der Waals surface area contributed by atoms with Crippen LogP contribution in [0.15, 0.2) is 76.7 Å². The number of nitriles is 1. The second-order valence-electron chi connectivity index (χ2n) is 3.34. The van der Waals surface area contributed by atoms with Crippen LogP contribution in [0.5, 0.6) is 0 Å². The Morgan fingerprint density at radius 2 is 1.95 bits per heavy atom. The van der Waals surface area contributed by atoms with Crippen molar-refractivity contribution < 1.29 is 9.47 Å². The van der Waals surface area contributed by atoms with Crippen LogP contribution in [-0.4, -0.2) is 24.7 Å². The number of nitrogens with zero attached hydrogens (tertiary/aromatic N) is 4. The van der Waals surface area contributed by atoms with E-state index < -0.39 is 0 Å². The molecule has 106 valence electrons. The molecular weight excluding hydrogens is 268 g/mol. The molecule has 0 saturated carbocycles. The van der Waals surface area contributed by atoms with Crippen molar-refractivity contribution in [2.45, 2.75) is 0 Å². The van der Waals surface area contributed by atoms with E-state index in [4.69, 9.17) is 14.7 Å². The van der Waals surface area contributed by atoms with Crippen molar-refractivity contribution >= 4 is 18.1 Å². The van der Waals surface area contributed by atoms with E-state index in [1.165, 1.54) is 43.6 Å². The summed E-state index contributed by atoms with van der Waals surface area (Å²) >= 11 is 0. The summed E-state index contributed by atoms with van der Waals surface area (Å²) < 4.78 is 10.1. The average Bonchev–Trinajstić information content (AvgIpc) is 2.51. The summed E-state index contributed by atoms with van der Waals surface area (Å²) in [4.78, 5) is 11.7. The van der Waals surface area contributed by atoms with Gasteiger partial charge in [0.1, 0.15) is 31.5 Å². The van der Waals surface area contributed by atoms with Crippen LogP contribution in [-0.2, 0) is 9.47 Å². The van der Waals surface area contributed by atoms with E-state index in [0.717, 1.165) is 0 Å². The summed E-state index contributed by atoms with van der Waals surface area (Å²) in [7, 11) is 0. The van der Waals surface area contributed by atoms with Gasteiger partial charge < -0.3 is 9.47 Å². The molecule has 0 N–H and O–H groups in total. The van der Waals surface area contributed by atoms with E-state index in [1.54, 1.807) is 12.3 Å². The van der Waals surface area contributed by atoms with Gasteiger partial charge in [-0.2, -0.15) is 5.26 Å². The predicted octanol–water partition coefficient (Wildman–Crippen LogP) is 2.67. The summed E-state index contributed by atoms with van der Waals surface area (Å²) in [6, 6.07) is 1.90. The molecule has 0 bridgehead atoms. The molecule has 0 aromatic heterocycles. The van der Waals surface area contributed by atoms with Gasteiger partial charge in [0, 0.05) is 18.6 Å². The SMILES string of the molecule is N#CC1=NC=CN=CC=CC=CCOC=COC=CN=C1. The van der Waals surface area contributed by atoms with Crippen LogP contribution in [0.4, 0.5) is 0 Å². The quantitative estimate of drug-likeness (QED) is 0.685. The number of rotatable bonds is 0. The summed E-state index contributed by atoms with van der Waals surface area (Å²) in [5.74, 6) is 0. The molecule has 6 heteroatoms. The molecule has 0 unspecified atom stereocenters. The van der Waals surface area contributed by atoms with Gasteiger partial charge in [-0.05, 0) is 12.2 Å². The molecule has 0 saturated heterocycles. The van der Waals surface area contributed by atoms with E-state index in [2.05, 4.69) is 15.0 Å². The van der Waals surface area contributed by atoms with Gasteiger partial charge >= 0.3 is 0 Å². The fourth-order valence-corrected chi connectivity index (χ4v) is 1.00. The molecule has 6 nitrogen and oxygen atoms in total. The molecule has 0 radical (unpaired) electrons. The van der Waals surface area contributed by atoms with E-state index in [9.17, 15) is 0 Å². The van der Waals surface area contributed by atoms with Crippen molar-refractivity contribution in [3.63, 3.8) is 0 Å². The first-order valence-corrected chi connectivity index (χ1v) is 6.01. The van der Waals surface area contributed by atoms with Gasteiger partial charge in [-0.15, -0.1) is 0 Å². The average molecular weight is 282 g/mol. The van der Waals surface area contributed by atoms with Crippen molar-refractivity contribution in [3.8, 4) is 6.07 Å². The van der Waals surface area contributed by atoms with Crippen molar-refractivity contribution in [3.05, 3.63) is 61.7 Å². The molecule has 1 heterocycles. The van der Waals surface area contributed by atoms with E-state index in [-0.39, 0.29) is 5.71 Å². The summed E-state index contributed by atoms with van der Waals surface area (Å²) in [5, 5.41) is 8.83. The number of aliphatic imine (C=N–C) groups is 3. The summed E-state index contributed by atoms with van der Waals surface area (Å²) in [6.45, 7) is 0.433. The first-order chi connectivity index (χ1) is 10.4. The maximum Gasteiger partial charge on any atom is 0.158 e. The molecular formula is C15H14N4O2. The zero-order chi connectivity index (χ0) is 15.0. The second-order valence-corrected chi connectivity index (χ2v) is 3.34. The lowest BCUT2D eigenvalue weighted by Gasteiger charge is -1.92. The van der Waals surface area contributed by atoms with Crippen molar-refractivity contribution in [2.24, 2.45) is 15.0 Å². The molecule has 21 heavy (non-hydrogen) atoms. The highest BCUT2D eigenvalue weighted by Gasteiger charge is 1.86. The van der Waals surface area contributed by atoms with Crippen LogP contribution in [0.1, 0.15) is 0 Å². The highest BCUT2D eigenvalue weighted by molar-refractivity contribution is 6.38. The zero-order valence-electron chi connectivity index (χ0n) is 11.2. The number of hydrogen-bond donors (Lipinski definition) is 0. The molecule has 0 spiro atoms. The Balaban J connectivity index is 2.73. The molecule has 0 amide bonds. The van der Waals surface area contributed by atoms with Gasteiger partial charge in [0.2, 0.25) is 0 Å². The highest BCUT2D eigenvalue weighted by atomic mass is 16.5.